The third kappa shape index (κ3) is 3.09. The Morgan fingerprint density at radius 3 is 2.42 bits per heavy atom. The Kier molecular flexibility index (Phi) is 4.46. The summed E-state index contributed by atoms with van der Waals surface area (Å²) in [7, 11) is -1.90. The summed E-state index contributed by atoms with van der Waals surface area (Å²) in [5.74, 6) is 1.55. The number of allylic oxidation sites excluding steroid dienone is 1. The second kappa shape index (κ2) is 6.03. The van der Waals surface area contributed by atoms with E-state index in [1.165, 1.54) is 5.56 Å². The summed E-state index contributed by atoms with van der Waals surface area (Å²) < 4.78 is 6.71. The molecule has 2 aliphatic rings. The molecular formula is C21H32O2Si. The van der Waals surface area contributed by atoms with E-state index in [9.17, 15) is 5.11 Å². The van der Waals surface area contributed by atoms with Gasteiger partial charge in [0.25, 0.3) is 0 Å². The number of fused-ring (bicyclic) bond motifs is 1. The van der Waals surface area contributed by atoms with E-state index in [2.05, 4.69) is 70.3 Å². The Balaban J connectivity index is 1.93. The van der Waals surface area contributed by atoms with Gasteiger partial charge in [-0.05, 0) is 61.4 Å². The first kappa shape index (κ1) is 17.8. The van der Waals surface area contributed by atoms with E-state index in [0.717, 1.165) is 31.4 Å². The molecule has 1 fully saturated rings. The van der Waals surface area contributed by atoms with E-state index < -0.39 is 13.9 Å². The zero-order valence-electron chi connectivity index (χ0n) is 15.8. The van der Waals surface area contributed by atoms with Crippen LogP contribution >= 0.6 is 0 Å². The van der Waals surface area contributed by atoms with Crippen molar-refractivity contribution in [2.75, 3.05) is 0 Å². The number of hydrogen-bond acceptors (Lipinski definition) is 2. The van der Waals surface area contributed by atoms with Crippen molar-refractivity contribution in [2.24, 2.45) is 5.92 Å². The molecule has 0 unspecified atom stereocenters. The molecule has 3 rings (SSSR count). The average Bonchev–Trinajstić information content (AvgIpc) is 2.85. The highest BCUT2D eigenvalue weighted by Crippen LogP contribution is 2.55. The average molecular weight is 345 g/mol. The van der Waals surface area contributed by atoms with Gasteiger partial charge in [-0.15, -0.1) is 0 Å². The van der Waals surface area contributed by atoms with Crippen LogP contribution in [0.4, 0.5) is 0 Å². The van der Waals surface area contributed by atoms with Crippen molar-refractivity contribution >= 4 is 8.32 Å². The third-order valence-electron chi connectivity index (χ3n) is 6.51. The van der Waals surface area contributed by atoms with Gasteiger partial charge in [0.05, 0.1) is 17.3 Å². The van der Waals surface area contributed by atoms with Crippen molar-refractivity contribution in [3.05, 3.63) is 47.7 Å². The van der Waals surface area contributed by atoms with Gasteiger partial charge in [0.2, 0.25) is 8.32 Å². The quantitative estimate of drug-likeness (QED) is 0.722. The summed E-state index contributed by atoms with van der Waals surface area (Å²) in [5, 5.41) is 11.5. The third-order valence-corrected chi connectivity index (χ3v) is 10.9. The van der Waals surface area contributed by atoms with Crippen molar-refractivity contribution in [3.63, 3.8) is 0 Å². The maximum atomic E-state index is 11.3. The summed E-state index contributed by atoms with van der Waals surface area (Å²) in [6, 6.07) is 10.7. The van der Waals surface area contributed by atoms with Crippen molar-refractivity contribution in [3.8, 4) is 0 Å². The first-order valence-corrected chi connectivity index (χ1v) is 12.2. The van der Waals surface area contributed by atoms with E-state index >= 15 is 0 Å². The first-order chi connectivity index (χ1) is 11.1. The summed E-state index contributed by atoms with van der Waals surface area (Å²) in [6.45, 7) is 11.4. The standard InChI is InChI=1S/C21H32O2Si/c1-20(2,3)24(4,5)23-18-12-9-14-21(22)15-13-17(19(18)21)16-10-7-6-8-11-16/h6-8,10-12,17,19,22H,9,13-15H2,1-5H3/t17-,19+,21-/m1/s1. The number of hydrogen-bond donors (Lipinski definition) is 1. The van der Waals surface area contributed by atoms with Gasteiger partial charge in [0.1, 0.15) is 0 Å². The molecule has 2 aliphatic carbocycles. The molecule has 0 spiro atoms. The Bertz CT molecular complexity index is 614. The predicted molar refractivity (Wildman–Crippen MR) is 102 cm³/mol. The van der Waals surface area contributed by atoms with E-state index in [4.69, 9.17) is 4.43 Å². The molecule has 3 heteroatoms. The molecule has 1 aromatic carbocycles. The largest absolute Gasteiger partial charge is 0.546 e. The first-order valence-electron chi connectivity index (χ1n) is 9.30. The topological polar surface area (TPSA) is 29.5 Å². The SMILES string of the molecule is CC(C)(C)[Si](C)(C)OC1=CCC[C@@]2(O)CC[C@H](c3ccccc3)[C@@H]12. The molecule has 0 aromatic heterocycles. The minimum absolute atomic E-state index is 0.114. The van der Waals surface area contributed by atoms with Crippen LogP contribution < -0.4 is 0 Å². The molecule has 132 valence electrons. The molecule has 1 N–H and O–H groups in total. The molecule has 24 heavy (non-hydrogen) atoms. The lowest BCUT2D eigenvalue weighted by Gasteiger charge is -2.44. The Morgan fingerprint density at radius 1 is 1.12 bits per heavy atom. The fraction of sp³-hybridized carbons (Fsp3) is 0.619. The van der Waals surface area contributed by atoms with Gasteiger partial charge in [-0.25, -0.2) is 0 Å². The van der Waals surface area contributed by atoms with E-state index in [1.807, 2.05) is 0 Å². The molecule has 0 bridgehead atoms. The summed E-state index contributed by atoms with van der Waals surface area (Å²) in [5.41, 5.74) is 0.748. The van der Waals surface area contributed by atoms with Crippen molar-refractivity contribution in [1.82, 2.24) is 0 Å². The minimum atomic E-state index is -1.90. The summed E-state index contributed by atoms with van der Waals surface area (Å²) >= 11 is 0. The number of aliphatic hydroxyl groups is 1. The molecule has 0 saturated heterocycles. The zero-order chi connectivity index (χ0) is 17.6. The van der Waals surface area contributed by atoms with E-state index in [1.54, 1.807) is 0 Å². The van der Waals surface area contributed by atoms with Gasteiger partial charge in [-0.2, -0.15) is 0 Å². The molecule has 0 aliphatic heterocycles. The van der Waals surface area contributed by atoms with E-state index in [0.29, 0.717) is 5.92 Å². The second-order valence-electron chi connectivity index (χ2n) is 9.14. The summed E-state index contributed by atoms with van der Waals surface area (Å²) in [6.07, 6.45) is 5.99. The lowest BCUT2D eigenvalue weighted by Crippen LogP contribution is -2.45. The van der Waals surface area contributed by atoms with Crippen LogP contribution in [0.1, 0.15) is 57.9 Å². The molecule has 2 nitrogen and oxygen atoms in total. The molecule has 0 radical (unpaired) electrons. The maximum absolute atomic E-state index is 11.3. The highest BCUT2D eigenvalue weighted by Gasteiger charge is 2.53. The van der Waals surface area contributed by atoms with Crippen LogP contribution in [0.2, 0.25) is 18.1 Å². The Hall–Kier alpha value is -1.06. The predicted octanol–water partition coefficient (Wildman–Crippen LogP) is 5.61. The van der Waals surface area contributed by atoms with Gasteiger partial charge in [-0.1, -0.05) is 51.1 Å². The highest BCUT2D eigenvalue weighted by atomic mass is 28.4. The van der Waals surface area contributed by atoms with Crippen LogP contribution in [0, 0.1) is 5.92 Å². The van der Waals surface area contributed by atoms with Crippen LogP contribution in [-0.4, -0.2) is 19.0 Å². The van der Waals surface area contributed by atoms with Gasteiger partial charge in [0.15, 0.2) is 0 Å². The lowest BCUT2D eigenvalue weighted by atomic mass is 9.75. The smallest absolute Gasteiger partial charge is 0.250 e. The van der Waals surface area contributed by atoms with Crippen molar-refractivity contribution in [2.45, 2.75) is 76.1 Å². The molecule has 0 heterocycles. The van der Waals surface area contributed by atoms with Crippen molar-refractivity contribution < 1.29 is 9.53 Å². The Labute approximate surface area is 148 Å². The van der Waals surface area contributed by atoms with Gasteiger partial charge < -0.3 is 9.53 Å². The van der Waals surface area contributed by atoms with Crippen LogP contribution in [0.5, 0.6) is 0 Å². The molecule has 0 amide bonds. The van der Waals surface area contributed by atoms with Crippen LogP contribution in [0.3, 0.4) is 0 Å². The second-order valence-corrected chi connectivity index (χ2v) is 13.9. The lowest BCUT2D eigenvalue weighted by molar-refractivity contribution is -0.0142. The molecular weight excluding hydrogens is 312 g/mol. The maximum Gasteiger partial charge on any atom is 0.250 e. The van der Waals surface area contributed by atoms with Gasteiger partial charge in [-0.3, -0.25) is 0 Å². The van der Waals surface area contributed by atoms with Crippen LogP contribution in [-0.2, 0) is 4.43 Å². The molecule has 3 atom stereocenters. The Morgan fingerprint density at radius 2 is 1.79 bits per heavy atom. The van der Waals surface area contributed by atoms with Gasteiger partial charge >= 0.3 is 0 Å². The fourth-order valence-corrected chi connectivity index (χ4v) is 5.16. The number of benzene rings is 1. The molecule has 1 saturated carbocycles. The molecule has 1 aromatic rings. The normalized spacial score (nSPS) is 30.7. The van der Waals surface area contributed by atoms with Crippen LogP contribution in [0.15, 0.2) is 42.2 Å². The monoisotopic (exact) mass is 344 g/mol. The summed E-state index contributed by atoms with van der Waals surface area (Å²) in [4.78, 5) is 0. The minimum Gasteiger partial charge on any atom is -0.546 e. The number of rotatable bonds is 3. The van der Waals surface area contributed by atoms with E-state index in [-0.39, 0.29) is 11.0 Å². The fourth-order valence-electron chi connectivity index (χ4n) is 4.05. The highest BCUT2D eigenvalue weighted by molar-refractivity contribution is 6.74. The van der Waals surface area contributed by atoms with Gasteiger partial charge in [0, 0.05) is 0 Å². The van der Waals surface area contributed by atoms with Crippen molar-refractivity contribution in [1.29, 1.82) is 0 Å². The zero-order valence-corrected chi connectivity index (χ0v) is 16.8. The van der Waals surface area contributed by atoms with Crippen LogP contribution in [0.25, 0.3) is 0 Å².